The maximum Gasteiger partial charge on any atom is 0.0539 e. The van der Waals surface area contributed by atoms with Crippen molar-refractivity contribution in [3.8, 4) is 0 Å². The van der Waals surface area contributed by atoms with Crippen LogP contribution in [-0.2, 0) is 10.8 Å². The number of hydrogen-bond donors (Lipinski definition) is 0. The predicted octanol–water partition coefficient (Wildman–Crippen LogP) is 5.14. The van der Waals surface area contributed by atoms with Gasteiger partial charge in [-0.2, -0.15) is 0 Å². The van der Waals surface area contributed by atoms with Crippen LogP contribution in [0.5, 0.6) is 0 Å². The Hall–Kier alpha value is -1.37. The van der Waals surface area contributed by atoms with E-state index in [0.717, 1.165) is 0 Å². The third kappa shape index (κ3) is 2.51. The average molecular weight is 255 g/mol. The lowest BCUT2D eigenvalue weighted by molar-refractivity contribution is 0.533. The minimum atomic E-state index is 0.0628. The first-order chi connectivity index (χ1) is 8.62. The molecule has 0 unspecified atom stereocenters. The molecule has 2 rings (SSSR count). The van der Waals surface area contributed by atoms with E-state index in [4.69, 9.17) is 4.98 Å². The molecule has 0 N–H and O–H groups in total. The summed E-state index contributed by atoms with van der Waals surface area (Å²) in [5, 5.41) is 2.63. The summed E-state index contributed by atoms with van der Waals surface area (Å²) in [6.07, 6.45) is 0. The van der Waals surface area contributed by atoms with Crippen molar-refractivity contribution in [2.75, 3.05) is 0 Å². The van der Waals surface area contributed by atoms with Crippen LogP contribution in [0.25, 0.3) is 10.8 Å². The summed E-state index contributed by atoms with van der Waals surface area (Å²) >= 11 is 0. The van der Waals surface area contributed by atoms with Crippen LogP contribution in [0.2, 0.25) is 0 Å². The SMILES string of the molecule is Cc1c(C(C)(C)C)nc(C(C)(C)C)c2ccccc12. The summed E-state index contributed by atoms with van der Waals surface area (Å²) < 4.78 is 0. The molecular formula is C18H25N. The van der Waals surface area contributed by atoms with Crippen LogP contribution in [0.4, 0.5) is 0 Å². The van der Waals surface area contributed by atoms with Gasteiger partial charge in [-0.15, -0.1) is 0 Å². The normalized spacial score (nSPS) is 13.0. The van der Waals surface area contributed by atoms with Gasteiger partial charge in [0.05, 0.1) is 5.69 Å². The molecule has 0 spiro atoms. The van der Waals surface area contributed by atoms with Gasteiger partial charge in [0, 0.05) is 21.9 Å². The summed E-state index contributed by atoms with van der Waals surface area (Å²) in [5.41, 5.74) is 3.88. The summed E-state index contributed by atoms with van der Waals surface area (Å²) in [4.78, 5) is 5.04. The molecule has 1 heteroatoms. The molecule has 0 aliphatic rings. The van der Waals surface area contributed by atoms with Crippen LogP contribution in [0.15, 0.2) is 24.3 Å². The quantitative estimate of drug-likeness (QED) is 0.635. The fourth-order valence-corrected chi connectivity index (χ4v) is 2.70. The van der Waals surface area contributed by atoms with Crippen LogP contribution in [0.1, 0.15) is 58.5 Å². The van der Waals surface area contributed by atoms with Crippen molar-refractivity contribution < 1.29 is 0 Å². The number of pyridine rings is 1. The first kappa shape index (κ1) is 14.0. The molecule has 0 bridgehead atoms. The zero-order chi connectivity index (χ0) is 14.4. The molecule has 0 saturated heterocycles. The Morgan fingerprint density at radius 2 is 1.21 bits per heavy atom. The Balaban J connectivity index is 2.93. The minimum absolute atomic E-state index is 0.0628. The van der Waals surface area contributed by atoms with Gasteiger partial charge in [0.2, 0.25) is 0 Å². The second-order valence-electron chi connectivity index (χ2n) is 7.48. The zero-order valence-electron chi connectivity index (χ0n) is 13.3. The van der Waals surface area contributed by atoms with E-state index in [-0.39, 0.29) is 10.8 Å². The van der Waals surface area contributed by atoms with Gasteiger partial charge in [-0.3, -0.25) is 4.98 Å². The van der Waals surface area contributed by atoms with Gasteiger partial charge in [0.25, 0.3) is 0 Å². The van der Waals surface area contributed by atoms with Crippen LogP contribution >= 0.6 is 0 Å². The highest BCUT2D eigenvalue weighted by Crippen LogP contribution is 2.35. The Kier molecular flexibility index (Phi) is 3.20. The predicted molar refractivity (Wildman–Crippen MR) is 83.9 cm³/mol. The summed E-state index contributed by atoms with van der Waals surface area (Å²) in [7, 11) is 0. The molecule has 1 aromatic heterocycles. The van der Waals surface area contributed by atoms with Crippen LogP contribution < -0.4 is 0 Å². The first-order valence-electron chi connectivity index (χ1n) is 7.02. The van der Waals surface area contributed by atoms with Crippen molar-refractivity contribution in [2.24, 2.45) is 0 Å². The highest BCUT2D eigenvalue weighted by atomic mass is 14.8. The third-order valence-corrected chi connectivity index (χ3v) is 3.59. The standard InChI is InChI=1S/C18H25N/c1-12-13-10-8-9-11-14(13)16(18(5,6)7)19-15(12)17(2,3)4/h8-11H,1-7H3. The lowest BCUT2D eigenvalue weighted by atomic mass is 9.82. The van der Waals surface area contributed by atoms with Crippen molar-refractivity contribution in [1.82, 2.24) is 4.98 Å². The Bertz CT molecular complexity index is 610. The molecule has 0 atom stereocenters. The lowest BCUT2D eigenvalue weighted by Gasteiger charge is -2.27. The molecule has 0 aliphatic heterocycles. The minimum Gasteiger partial charge on any atom is -0.256 e. The van der Waals surface area contributed by atoms with Gasteiger partial charge in [0.1, 0.15) is 0 Å². The molecule has 2 aromatic rings. The summed E-state index contributed by atoms with van der Waals surface area (Å²) in [6, 6.07) is 8.64. The van der Waals surface area contributed by atoms with Gasteiger partial charge < -0.3 is 0 Å². The summed E-state index contributed by atoms with van der Waals surface area (Å²) in [6.45, 7) is 15.6. The zero-order valence-corrected chi connectivity index (χ0v) is 13.3. The molecular weight excluding hydrogens is 230 g/mol. The van der Waals surface area contributed by atoms with Crippen LogP contribution in [-0.4, -0.2) is 4.98 Å². The van der Waals surface area contributed by atoms with Crippen molar-refractivity contribution >= 4 is 10.8 Å². The number of aryl methyl sites for hydroxylation is 1. The Morgan fingerprint density at radius 1 is 0.737 bits per heavy atom. The highest BCUT2D eigenvalue weighted by molar-refractivity contribution is 5.89. The first-order valence-corrected chi connectivity index (χ1v) is 7.02. The van der Waals surface area contributed by atoms with E-state index in [1.807, 2.05) is 0 Å². The number of hydrogen-bond acceptors (Lipinski definition) is 1. The van der Waals surface area contributed by atoms with Crippen LogP contribution in [0, 0.1) is 6.92 Å². The fraction of sp³-hybridized carbons (Fsp3) is 0.500. The van der Waals surface area contributed by atoms with Gasteiger partial charge in [-0.1, -0.05) is 65.8 Å². The van der Waals surface area contributed by atoms with Crippen molar-refractivity contribution in [2.45, 2.75) is 59.3 Å². The third-order valence-electron chi connectivity index (χ3n) is 3.59. The van der Waals surface area contributed by atoms with Gasteiger partial charge >= 0.3 is 0 Å². The maximum atomic E-state index is 5.04. The molecule has 102 valence electrons. The van der Waals surface area contributed by atoms with E-state index in [1.54, 1.807) is 0 Å². The van der Waals surface area contributed by atoms with Gasteiger partial charge in [0.15, 0.2) is 0 Å². The number of benzene rings is 1. The molecule has 0 aliphatic carbocycles. The highest BCUT2D eigenvalue weighted by Gasteiger charge is 2.25. The molecule has 0 amide bonds. The lowest BCUT2D eigenvalue weighted by Crippen LogP contribution is -2.21. The molecule has 1 aromatic carbocycles. The van der Waals surface area contributed by atoms with Crippen LogP contribution in [0.3, 0.4) is 0 Å². The monoisotopic (exact) mass is 255 g/mol. The average Bonchev–Trinajstić information content (AvgIpc) is 2.26. The Labute approximate surface area is 117 Å². The van der Waals surface area contributed by atoms with E-state index in [9.17, 15) is 0 Å². The van der Waals surface area contributed by atoms with E-state index >= 15 is 0 Å². The van der Waals surface area contributed by atoms with Gasteiger partial charge in [-0.25, -0.2) is 0 Å². The van der Waals surface area contributed by atoms with Crippen molar-refractivity contribution in [1.29, 1.82) is 0 Å². The molecule has 0 saturated carbocycles. The largest absolute Gasteiger partial charge is 0.256 e. The van der Waals surface area contributed by atoms with Crippen molar-refractivity contribution in [3.05, 3.63) is 41.2 Å². The molecule has 1 nitrogen and oxygen atoms in total. The number of rotatable bonds is 0. The number of aromatic nitrogens is 1. The molecule has 19 heavy (non-hydrogen) atoms. The van der Waals surface area contributed by atoms with E-state index < -0.39 is 0 Å². The molecule has 0 fully saturated rings. The van der Waals surface area contributed by atoms with E-state index in [0.29, 0.717) is 0 Å². The number of nitrogens with zero attached hydrogens (tertiary/aromatic N) is 1. The molecule has 0 radical (unpaired) electrons. The van der Waals surface area contributed by atoms with Crippen molar-refractivity contribution in [3.63, 3.8) is 0 Å². The fourth-order valence-electron chi connectivity index (χ4n) is 2.70. The smallest absolute Gasteiger partial charge is 0.0539 e. The Morgan fingerprint density at radius 3 is 1.68 bits per heavy atom. The molecule has 1 heterocycles. The summed E-state index contributed by atoms with van der Waals surface area (Å²) in [5.74, 6) is 0. The van der Waals surface area contributed by atoms with Gasteiger partial charge in [-0.05, 0) is 17.9 Å². The number of fused-ring (bicyclic) bond motifs is 1. The maximum absolute atomic E-state index is 5.04. The van der Waals surface area contributed by atoms with E-state index in [2.05, 4.69) is 72.7 Å². The second kappa shape index (κ2) is 4.33. The van der Waals surface area contributed by atoms with E-state index in [1.165, 1.54) is 27.7 Å². The topological polar surface area (TPSA) is 12.9 Å². The second-order valence-corrected chi connectivity index (χ2v) is 7.48.